The zero-order valence-electron chi connectivity index (χ0n) is 14.3. The molecule has 2 aromatic carbocycles. The van der Waals surface area contributed by atoms with Gasteiger partial charge in [0.25, 0.3) is 5.91 Å². The van der Waals surface area contributed by atoms with Crippen molar-refractivity contribution in [2.24, 2.45) is 0 Å². The number of nitrogens with one attached hydrogen (secondary N) is 1. The second kappa shape index (κ2) is 7.35. The summed E-state index contributed by atoms with van der Waals surface area (Å²) in [6.45, 7) is 0.928. The van der Waals surface area contributed by atoms with Crippen LogP contribution in [0.3, 0.4) is 0 Å². The van der Waals surface area contributed by atoms with E-state index in [1.54, 1.807) is 24.3 Å². The van der Waals surface area contributed by atoms with Crippen LogP contribution in [0.5, 0.6) is 11.5 Å². The Labute approximate surface area is 152 Å². The van der Waals surface area contributed by atoms with E-state index < -0.39 is 15.9 Å². The maximum atomic E-state index is 12.7. The lowest BCUT2D eigenvalue weighted by Crippen LogP contribution is -2.28. The first-order valence-electron chi connectivity index (χ1n) is 8.21. The summed E-state index contributed by atoms with van der Waals surface area (Å²) in [6, 6.07) is 10.6. The SMILES string of the molecule is COc1ccccc1NC(=O)c1cc(S(=O)(=O)N2CCCC2)ccc1O. The van der Waals surface area contributed by atoms with Gasteiger partial charge in [-0.05, 0) is 43.2 Å². The minimum atomic E-state index is -3.68. The lowest BCUT2D eigenvalue weighted by atomic mass is 10.2. The minimum Gasteiger partial charge on any atom is -0.507 e. The highest BCUT2D eigenvalue weighted by atomic mass is 32.2. The summed E-state index contributed by atoms with van der Waals surface area (Å²) in [4.78, 5) is 12.6. The molecule has 0 atom stereocenters. The zero-order valence-corrected chi connectivity index (χ0v) is 15.1. The highest BCUT2D eigenvalue weighted by molar-refractivity contribution is 7.89. The van der Waals surface area contributed by atoms with E-state index in [4.69, 9.17) is 4.74 Å². The summed E-state index contributed by atoms with van der Waals surface area (Å²) in [5, 5.41) is 12.7. The summed E-state index contributed by atoms with van der Waals surface area (Å²) < 4.78 is 31.9. The Kier molecular flexibility index (Phi) is 5.15. The Morgan fingerprint density at radius 2 is 1.85 bits per heavy atom. The van der Waals surface area contributed by atoms with E-state index in [0.29, 0.717) is 24.5 Å². The van der Waals surface area contributed by atoms with Gasteiger partial charge in [-0.3, -0.25) is 4.79 Å². The number of para-hydroxylation sites is 2. The second-order valence-electron chi connectivity index (χ2n) is 5.94. The molecule has 0 radical (unpaired) electrons. The molecule has 7 nitrogen and oxygen atoms in total. The van der Waals surface area contributed by atoms with Gasteiger partial charge in [0.15, 0.2) is 0 Å². The number of sulfonamides is 1. The van der Waals surface area contributed by atoms with Gasteiger partial charge >= 0.3 is 0 Å². The van der Waals surface area contributed by atoms with Crippen LogP contribution in [0.25, 0.3) is 0 Å². The molecular formula is C18H20N2O5S. The van der Waals surface area contributed by atoms with E-state index >= 15 is 0 Å². The van der Waals surface area contributed by atoms with E-state index in [1.165, 1.54) is 29.6 Å². The average Bonchev–Trinajstić information content (AvgIpc) is 3.18. The first-order chi connectivity index (χ1) is 12.4. The number of carbonyl (C=O) groups is 1. The van der Waals surface area contributed by atoms with Gasteiger partial charge < -0.3 is 15.2 Å². The fourth-order valence-electron chi connectivity index (χ4n) is 2.87. The molecule has 2 aromatic rings. The predicted molar refractivity (Wildman–Crippen MR) is 97.0 cm³/mol. The fraction of sp³-hybridized carbons (Fsp3) is 0.278. The van der Waals surface area contributed by atoms with E-state index in [-0.39, 0.29) is 16.2 Å². The van der Waals surface area contributed by atoms with E-state index in [2.05, 4.69) is 5.32 Å². The molecule has 8 heteroatoms. The average molecular weight is 376 g/mol. The molecule has 1 heterocycles. The lowest BCUT2D eigenvalue weighted by Gasteiger charge is -2.16. The van der Waals surface area contributed by atoms with Gasteiger partial charge in [0, 0.05) is 13.1 Å². The Hall–Kier alpha value is -2.58. The third-order valence-electron chi connectivity index (χ3n) is 4.27. The van der Waals surface area contributed by atoms with Crippen LogP contribution in [0.4, 0.5) is 5.69 Å². The molecule has 1 saturated heterocycles. The van der Waals surface area contributed by atoms with Crippen molar-refractivity contribution in [2.75, 3.05) is 25.5 Å². The number of nitrogens with zero attached hydrogens (tertiary/aromatic N) is 1. The number of ether oxygens (including phenoxy) is 1. The molecule has 1 fully saturated rings. The first-order valence-corrected chi connectivity index (χ1v) is 9.65. The number of amides is 1. The number of methoxy groups -OCH3 is 1. The Balaban J connectivity index is 1.91. The van der Waals surface area contributed by atoms with Crippen molar-refractivity contribution in [3.8, 4) is 11.5 Å². The van der Waals surface area contributed by atoms with Gasteiger partial charge in [0.05, 0.1) is 23.3 Å². The third-order valence-corrected chi connectivity index (χ3v) is 6.17. The third kappa shape index (κ3) is 3.51. The summed E-state index contributed by atoms with van der Waals surface area (Å²) in [5.74, 6) is -0.454. The zero-order chi connectivity index (χ0) is 18.7. The molecule has 0 bridgehead atoms. The van der Waals surface area contributed by atoms with Crippen molar-refractivity contribution in [3.63, 3.8) is 0 Å². The van der Waals surface area contributed by atoms with Crippen molar-refractivity contribution in [2.45, 2.75) is 17.7 Å². The normalized spacial score (nSPS) is 15.0. The monoisotopic (exact) mass is 376 g/mol. The number of phenolic OH excluding ortho intramolecular Hbond substituents is 1. The number of hydrogen-bond donors (Lipinski definition) is 2. The minimum absolute atomic E-state index is 0.0117. The van der Waals surface area contributed by atoms with Gasteiger partial charge in [0.2, 0.25) is 10.0 Å². The maximum absolute atomic E-state index is 12.7. The van der Waals surface area contributed by atoms with E-state index in [0.717, 1.165) is 12.8 Å². The van der Waals surface area contributed by atoms with Crippen molar-refractivity contribution >= 4 is 21.6 Å². The van der Waals surface area contributed by atoms with Crippen LogP contribution >= 0.6 is 0 Å². The number of carbonyl (C=O) groups excluding carboxylic acids is 1. The largest absolute Gasteiger partial charge is 0.507 e. The standard InChI is InChI=1S/C18H20N2O5S/c1-25-17-7-3-2-6-15(17)19-18(22)14-12-13(8-9-16(14)21)26(23,24)20-10-4-5-11-20/h2-3,6-9,12,21H,4-5,10-11H2,1H3,(H,19,22). The Morgan fingerprint density at radius 1 is 1.15 bits per heavy atom. The molecule has 1 aliphatic heterocycles. The van der Waals surface area contributed by atoms with E-state index in [1.807, 2.05) is 0 Å². The first kappa shape index (κ1) is 18.2. The Bertz CT molecular complexity index is 921. The molecule has 0 aliphatic carbocycles. The number of rotatable bonds is 5. The molecule has 138 valence electrons. The molecule has 0 unspecified atom stereocenters. The van der Waals surface area contributed by atoms with Gasteiger partial charge in [0.1, 0.15) is 11.5 Å². The number of aromatic hydroxyl groups is 1. The van der Waals surface area contributed by atoms with Crippen LogP contribution in [-0.4, -0.2) is 43.9 Å². The molecule has 1 amide bonds. The van der Waals surface area contributed by atoms with Gasteiger partial charge in [-0.15, -0.1) is 0 Å². The number of hydrogen-bond acceptors (Lipinski definition) is 5. The molecular weight excluding hydrogens is 356 g/mol. The van der Waals surface area contributed by atoms with Crippen LogP contribution in [0.2, 0.25) is 0 Å². The van der Waals surface area contributed by atoms with Crippen molar-refractivity contribution in [1.82, 2.24) is 4.31 Å². The van der Waals surface area contributed by atoms with E-state index in [9.17, 15) is 18.3 Å². The van der Waals surface area contributed by atoms with Crippen LogP contribution in [-0.2, 0) is 10.0 Å². The van der Waals surface area contributed by atoms with Crippen molar-refractivity contribution in [3.05, 3.63) is 48.0 Å². The summed E-state index contributed by atoms with van der Waals surface area (Å²) >= 11 is 0. The van der Waals surface area contributed by atoms with Crippen LogP contribution in [0.1, 0.15) is 23.2 Å². The number of phenols is 1. The molecule has 0 saturated carbocycles. The maximum Gasteiger partial charge on any atom is 0.259 e. The molecule has 26 heavy (non-hydrogen) atoms. The predicted octanol–water partition coefficient (Wildman–Crippen LogP) is 2.44. The second-order valence-corrected chi connectivity index (χ2v) is 7.88. The summed E-state index contributed by atoms with van der Waals surface area (Å²) in [5.41, 5.74) is 0.309. The van der Waals surface area contributed by atoms with Crippen LogP contribution in [0.15, 0.2) is 47.4 Å². The van der Waals surface area contributed by atoms with Gasteiger partial charge in [-0.2, -0.15) is 4.31 Å². The molecule has 3 rings (SSSR count). The smallest absolute Gasteiger partial charge is 0.259 e. The quantitative estimate of drug-likeness (QED) is 0.836. The Morgan fingerprint density at radius 3 is 2.54 bits per heavy atom. The van der Waals surface area contributed by atoms with Gasteiger partial charge in [-0.1, -0.05) is 12.1 Å². The lowest BCUT2D eigenvalue weighted by molar-refractivity contribution is 0.102. The van der Waals surface area contributed by atoms with Crippen molar-refractivity contribution in [1.29, 1.82) is 0 Å². The summed E-state index contributed by atoms with van der Waals surface area (Å²) in [6.07, 6.45) is 1.64. The molecule has 0 aromatic heterocycles. The number of anilines is 1. The number of benzene rings is 2. The highest BCUT2D eigenvalue weighted by Crippen LogP contribution is 2.28. The van der Waals surface area contributed by atoms with Crippen LogP contribution in [0, 0.1) is 0 Å². The topological polar surface area (TPSA) is 95.9 Å². The molecule has 2 N–H and O–H groups in total. The molecule has 0 spiro atoms. The van der Waals surface area contributed by atoms with Gasteiger partial charge in [-0.25, -0.2) is 8.42 Å². The summed E-state index contributed by atoms with van der Waals surface area (Å²) in [7, 11) is -2.20. The fourth-order valence-corrected chi connectivity index (χ4v) is 4.42. The highest BCUT2D eigenvalue weighted by Gasteiger charge is 2.28. The van der Waals surface area contributed by atoms with Crippen molar-refractivity contribution < 1.29 is 23.1 Å². The molecule has 1 aliphatic rings. The van der Waals surface area contributed by atoms with Crippen LogP contribution < -0.4 is 10.1 Å².